The van der Waals surface area contributed by atoms with E-state index in [1.54, 1.807) is 12.3 Å². The molecular formula is C9H10ClNO. The minimum absolute atomic E-state index is 0.384. The van der Waals surface area contributed by atoms with Gasteiger partial charge in [-0.15, -0.1) is 0 Å². The summed E-state index contributed by atoms with van der Waals surface area (Å²) in [7, 11) is 0. The molecule has 3 heteroatoms. The van der Waals surface area contributed by atoms with Crippen molar-refractivity contribution < 1.29 is 4.74 Å². The topological polar surface area (TPSA) is 22.1 Å². The van der Waals surface area contributed by atoms with Crippen molar-refractivity contribution in [3.63, 3.8) is 0 Å². The molecule has 1 saturated carbocycles. The van der Waals surface area contributed by atoms with Crippen molar-refractivity contribution in [3.05, 3.63) is 22.8 Å². The highest BCUT2D eigenvalue weighted by atomic mass is 35.5. The number of ether oxygens (including phenoxy) is 1. The van der Waals surface area contributed by atoms with Gasteiger partial charge in [0.25, 0.3) is 0 Å². The van der Waals surface area contributed by atoms with Gasteiger partial charge in [-0.2, -0.15) is 0 Å². The zero-order valence-corrected chi connectivity index (χ0v) is 7.64. The molecular weight excluding hydrogens is 174 g/mol. The van der Waals surface area contributed by atoms with E-state index in [9.17, 15) is 0 Å². The maximum atomic E-state index is 5.90. The van der Waals surface area contributed by atoms with E-state index in [0.717, 1.165) is 23.4 Å². The van der Waals surface area contributed by atoms with Crippen LogP contribution in [0.25, 0.3) is 0 Å². The second-order valence-electron chi connectivity index (χ2n) is 3.04. The van der Waals surface area contributed by atoms with Crippen LogP contribution in [0.3, 0.4) is 0 Å². The van der Waals surface area contributed by atoms with E-state index in [4.69, 9.17) is 16.3 Å². The molecule has 0 unspecified atom stereocenters. The predicted octanol–water partition coefficient (Wildman–Crippen LogP) is 2.58. The first kappa shape index (κ1) is 7.87. The van der Waals surface area contributed by atoms with E-state index in [2.05, 4.69) is 4.98 Å². The molecule has 1 aliphatic rings. The van der Waals surface area contributed by atoms with Crippen LogP contribution < -0.4 is 4.74 Å². The molecule has 1 fully saturated rings. The third-order valence-corrected chi connectivity index (χ3v) is 2.30. The van der Waals surface area contributed by atoms with E-state index < -0.39 is 0 Å². The van der Waals surface area contributed by atoms with Gasteiger partial charge >= 0.3 is 0 Å². The monoisotopic (exact) mass is 183 g/mol. The van der Waals surface area contributed by atoms with Crippen LogP contribution in [0.5, 0.6) is 5.88 Å². The summed E-state index contributed by atoms with van der Waals surface area (Å²) in [6, 6.07) is 1.77. The molecule has 0 N–H and O–H groups in total. The van der Waals surface area contributed by atoms with Crippen LogP contribution in [0, 0.1) is 6.92 Å². The SMILES string of the molecule is Cc1c(Cl)ccnc1OC1CC1. The van der Waals surface area contributed by atoms with Crippen LogP contribution >= 0.6 is 11.6 Å². The van der Waals surface area contributed by atoms with Crippen LogP contribution in [-0.4, -0.2) is 11.1 Å². The van der Waals surface area contributed by atoms with Crippen molar-refractivity contribution in [1.29, 1.82) is 0 Å². The predicted molar refractivity (Wildman–Crippen MR) is 47.6 cm³/mol. The van der Waals surface area contributed by atoms with Crippen LogP contribution in [0.4, 0.5) is 0 Å². The average Bonchev–Trinajstić information content (AvgIpc) is 2.83. The lowest BCUT2D eigenvalue weighted by Gasteiger charge is -2.06. The van der Waals surface area contributed by atoms with Gasteiger partial charge in [0, 0.05) is 11.8 Å². The number of hydrogen-bond acceptors (Lipinski definition) is 2. The highest BCUT2D eigenvalue weighted by Gasteiger charge is 2.24. The van der Waals surface area contributed by atoms with Gasteiger partial charge in [0.15, 0.2) is 0 Å². The number of rotatable bonds is 2. The molecule has 0 bridgehead atoms. The Hall–Kier alpha value is -0.760. The Bertz CT molecular complexity index is 297. The summed E-state index contributed by atoms with van der Waals surface area (Å²) < 4.78 is 5.54. The number of hydrogen-bond donors (Lipinski definition) is 0. The molecule has 2 rings (SSSR count). The van der Waals surface area contributed by atoms with Crippen LogP contribution in [0.15, 0.2) is 12.3 Å². The number of aromatic nitrogens is 1. The Morgan fingerprint density at radius 1 is 1.58 bits per heavy atom. The fraction of sp³-hybridized carbons (Fsp3) is 0.444. The van der Waals surface area contributed by atoms with E-state index in [1.165, 1.54) is 0 Å². The first-order valence-corrected chi connectivity index (χ1v) is 4.43. The van der Waals surface area contributed by atoms with Crippen LogP contribution in [-0.2, 0) is 0 Å². The lowest BCUT2D eigenvalue weighted by Crippen LogP contribution is -2.00. The smallest absolute Gasteiger partial charge is 0.217 e. The Morgan fingerprint density at radius 3 is 3.00 bits per heavy atom. The van der Waals surface area contributed by atoms with Gasteiger partial charge < -0.3 is 4.74 Å². The summed E-state index contributed by atoms with van der Waals surface area (Å²) in [4.78, 5) is 4.11. The van der Waals surface area contributed by atoms with Gasteiger partial charge in [-0.05, 0) is 25.8 Å². The lowest BCUT2D eigenvalue weighted by atomic mass is 10.3. The molecule has 0 saturated heterocycles. The van der Waals surface area contributed by atoms with Crippen molar-refractivity contribution in [3.8, 4) is 5.88 Å². The summed E-state index contributed by atoms with van der Waals surface area (Å²) in [5, 5.41) is 0.723. The summed E-state index contributed by atoms with van der Waals surface area (Å²) in [5.41, 5.74) is 0.936. The zero-order chi connectivity index (χ0) is 8.55. The number of halogens is 1. The molecule has 64 valence electrons. The third kappa shape index (κ3) is 1.53. The second kappa shape index (κ2) is 2.94. The largest absolute Gasteiger partial charge is 0.474 e. The quantitative estimate of drug-likeness (QED) is 0.703. The molecule has 2 nitrogen and oxygen atoms in total. The molecule has 12 heavy (non-hydrogen) atoms. The molecule has 1 aromatic rings. The summed E-state index contributed by atoms with van der Waals surface area (Å²) in [6.45, 7) is 1.92. The molecule has 1 aliphatic carbocycles. The van der Waals surface area contributed by atoms with Crippen LogP contribution in [0.2, 0.25) is 5.02 Å². The molecule has 1 aromatic heterocycles. The Labute approximate surface area is 76.5 Å². The standard InChI is InChI=1S/C9H10ClNO/c1-6-8(10)4-5-11-9(6)12-7-2-3-7/h4-5,7H,2-3H2,1H3. The number of nitrogens with zero attached hydrogens (tertiary/aromatic N) is 1. The molecule has 0 aliphatic heterocycles. The fourth-order valence-corrected chi connectivity index (χ4v) is 1.09. The second-order valence-corrected chi connectivity index (χ2v) is 3.45. The molecule has 0 amide bonds. The highest BCUT2D eigenvalue weighted by Crippen LogP contribution is 2.29. The fourth-order valence-electron chi connectivity index (χ4n) is 0.957. The molecule has 0 atom stereocenters. The minimum atomic E-state index is 0.384. The van der Waals surface area contributed by atoms with Crippen molar-refractivity contribution in [2.24, 2.45) is 0 Å². The van der Waals surface area contributed by atoms with Gasteiger partial charge in [0.2, 0.25) is 5.88 Å². The van der Waals surface area contributed by atoms with Gasteiger partial charge in [0.1, 0.15) is 6.10 Å². The van der Waals surface area contributed by atoms with Gasteiger partial charge in [-0.25, -0.2) is 4.98 Å². The maximum Gasteiger partial charge on any atom is 0.217 e. The van der Waals surface area contributed by atoms with Gasteiger partial charge in [0.05, 0.1) is 5.02 Å². The van der Waals surface area contributed by atoms with Crippen molar-refractivity contribution >= 4 is 11.6 Å². The molecule has 0 aromatic carbocycles. The van der Waals surface area contributed by atoms with E-state index in [-0.39, 0.29) is 0 Å². The number of pyridine rings is 1. The van der Waals surface area contributed by atoms with E-state index >= 15 is 0 Å². The van der Waals surface area contributed by atoms with E-state index in [1.807, 2.05) is 6.92 Å². The van der Waals surface area contributed by atoms with Gasteiger partial charge in [-0.3, -0.25) is 0 Å². The summed E-state index contributed by atoms with van der Waals surface area (Å²) in [6.07, 6.45) is 4.35. The Morgan fingerprint density at radius 2 is 2.33 bits per heavy atom. The van der Waals surface area contributed by atoms with Crippen molar-refractivity contribution in [2.45, 2.75) is 25.9 Å². The third-order valence-electron chi connectivity index (χ3n) is 1.89. The molecule has 0 spiro atoms. The minimum Gasteiger partial charge on any atom is -0.474 e. The van der Waals surface area contributed by atoms with Crippen LogP contribution in [0.1, 0.15) is 18.4 Å². The normalized spacial score (nSPS) is 16.2. The summed E-state index contributed by atoms with van der Waals surface area (Å²) in [5.74, 6) is 0.685. The zero-order valence-electron chi connectivity index (χ0n) is 6.88. The first-order chi connectivity index (χ1) is 5.77. The highest BCUT2D eigenvalue weighted by molar-refractivity contribution is 6.31. The lowest BCUT2D eigenvalue weighted by molar-refractivity contribution is 0.289. The Balaban J connectivity index is 2.23. The maximum absolute atomic E-state index is 5.90. The molecule has 0 radical (unpaired) electrons. The summed E-state index contributed by atoms with van der Waals surface area (Å²) >= 11 is 5.90. The Kier molecular flexibility index (Phi) is 1.93. The van der Waals surface area contributed by atoms with Crippen molar-refractivity contribution in [2.75, 3.05) is 0 Å². The first-order valence-electron chi connectivity index (χ1n) is 4.05. The van der Waals surface area contributed by atoms with Crippen molar-refractivity contribution in [1.82, 2.24) is 4.98 Å². The average molecular weight is 184 g/mol. The van der Waals surface area contributed by atoms with Gasteiger partial charge in [-0.1, -0.05) is 11.6 Å². The van der Waals surface area contributed by atoms with E-state index in [0.29, 0.717) is 12.0 Å². The molecule has 1 heterocycles.